The first-order chi connectivity index (χ1) is 7.16. The maximum atomic E-state index is 6.14. The summed E-state index contributed by atoms with van der Waals surface area (Å²) in [4.78, 5) is 0. The van der Waals surface area contributed by atoms with Gasteiger partial charge in [-0.15, -0.1) is 0 Å². The third-order valence-corrected chi connectivity index (χ3v) is 3.17. The first kappa shape index (κ1) is 10.9. The Morgan fingerprint density at radius 3 is 2.53 bits per heavy atom. The Morgan fingerprint density at radius 2 is 2.00 bits per heavy atom. The molecule has 1 aliphatic heterocycles. The minimum absolute atomic E-state index is 0.0350. The van der Waals surface area contributed by atoms with Gasteiger partial charge in [-0.1, -0.05) is 23.7 Å². The zero-order valence-electron chi connectivity index (χ0n) is 8.82. The van der Waals surface area contributed by atoms with Crippen LogP contribution in [0.4, 0.5) is 0 Å². The molecule has 0 bridgehead atoms. The van der Waals surface area contributed by atoms with Gasteiger partial charge in [-0.3, -0.25) is 0 Å². The normalized spacial score (nSPS) is 27.9. The van der Waals surface area contributed by atoms with Crippen molar-refractivity contribution in [3.05, 3.63) is 34.9 Å². The summed E-state index contributed by atoms with van der Waals surface area (Å²) in [5.74, 6) is 0. The zero-order valence-corrected chi connectivity index (χ0v) is 9.58. The van der Waals surface area contributed by atoms with Gasteiger partial charge in [0, 0.05) is 5.02 Å². The molecule has 82 valence electrons. The molecule has 0 aromatic heterocycles. The van der Waals surface area contributed by atoms with Crippen molar-refractivity contribution in [2.24, 2.45) is 5.73 Å². The summed E-state index contributed by atoms with van der Waals surface area (Å²) in [6, 6.07) is 7.65. The maximum Gasteiger partial charge on any atom is 0.0772 e. The molecule has 1 saturated heterocycles. The van der Waals surface area contributed by atoms with Gasteiger partial charge < -0.3 is 10.5 Å². The molecule has 1 heterocycles. The van der Waals surface area contributed by atoms with Crippen molar-refractivity contribution < 1.29 is 4.74 Å². The lowest BCUT2D eigenvalue weighted by Crippen LogP contribution is -2.26. The molecule has 2 nitrogen and oxygen atoms in total. The van der Waals surface area contributed by atoms with Crippen molar-refractivity contribution in [2.75, 3.05) is 0 Å². The molecule has 0 aliphatic carbocycles. The molecule has 1 aromatic rings. The van der Waals surface area contributed by atoms with E-state index in [1.807, 2.05) is 24.3 Å². The van der Waals surface area contributed by atoms with E-state index in [1.165, 1.54) is 0 Å². The van der Waals surface area contributed by atoms with Crippen LogP contribution >= 0.6 is 11.6 Å². The van der Waals surface area contributed by atoms with Crippen molar-refractivity contribution >= 4 is 11.6 Å². The van der Waals surface area contributed by atoms with Crippen LogP contribution in [0.3, 0.4) is 0 Å². The lowest BCUT2D eigenvalue weighted by Gasteiger charge is -2.19. The molecule has 1 aliphatic rings. The fourth-order valence-electron chi connectivity index (χ4n) is 2.00. The van der Waals surface area contributed by atoms with Crippen LogP contribution in [0.5, 0.6) is 0 Å². The summed E-state index contributed by atoms with van der Waals surface area (Å²) in [6.45, 7) is 2.09. The molecular formula is C12H16ClNO. The molecule has 2 rings (SSSR count). The van der Waals surface area contributed by atoms with E-state index in [0.717, 1.165) is 23.4 Å². The summed E-state index contributed by atoms with van der Waals surface area (Å²) < 4.78 is 5.75. The second kappa shape index (κ2) is 4.52. The SMILES string of the molecule is CC1CCC(C(N)c2ccc(Cl)cc2)O1. The lowest BCUT2D eigenvalue weighted by molar-refractivity contribution is 0.0401. The van der Waals surface area contributed by atoms with Gasteiger partial charge in [0.15, 0.2) is 0 Å². The molecule has 3 atom stereocenters. The van der Waals surface area contributed by atoms with Crippen molar-refractivity contribution in [3.63, 3.8) is 0 Å². The van der Waals surface area contributed by atoms with Gasteiger partial charge in [-0.2, -0.15) is 0 Å². The number of halogens is 1. The number of nitrogens with two attached hydrogens (primary N) is 1. The predicted octanol–water partition coefficient (Wildman–Crippen LogP) is 2.91. The molecular weight excluding hydrogens is 210 g/mol. The smallest absolute Gasteiger partial charge is 0.0772 e. The molecule has 1 aromatic carbocycles. The number of hydrogen-bond donors (Lipinski definition) is 1. The third kappa shape index (κ3) is 2.51. The molecule has 0 spiro atoms. The monoisotopic (exact) mass is 225 g/mol. The summed E-state index contributed by atoms with van der Waals surface area (Å²) in [7, 11) is 0. The van der Waals surface area contributed by atoms with E-state index in [-0.39, 0.29) is 12.1 Å². The highest BCUT2D eigenvalue weighted by molar-refractivity contribution is 6.30. The minimum Gasteiger partial charge on any atom is -0.373 e. The highest BCUT2D eigenvalue weighted by Gasteiger charge is 2.27. The van der Waals surface area contributed by atoms with Gasteiger partial charge in [0.05, 0.1) is 18.2 Å². The number of ether oxygens (including phenoxy) is 1. The van der Waals surface area contributed by atoms with Crippen molar-refractivity contribution in [3.8, 4) is 0 Å². The predicted molar refractivity (Wildman–Crippen MR) is 61.9 cm³/mol. The van der Waals surface area contributed by atoms with Gasteiger partial charge in [-0.05, 0) is 37.5 Å². The highest BCUT2D eigenvalue weighted by atomic mass is 35.5. The fraction of sp³-hybridized carbons (Fsp3) is 0.500. The Labute approximate surface area is 95.4 Å². The number of hydrogen-bond acceptors (Lipinski definition) is 2. The Bertz CT molecular complexity index is 325. The van der Waals surface area contributed by atoms with Crippen LogP contribution in [-0.4, -0.2) is 12.2 Å². The topological polar surface area (TPSA) is 35.2 Å². The Morgan fingerprint density at radius 1 is 1.33 bits per heavy atom. The summed E-state index contributed by atoms with van der Waals surface area (Å²) in [6.07, 6.45) is 2.64. The largest absolute Gasteiger partial charge is 0.373 e. The molecule has 15 heavy (non-hydrogen) atoms. The van der Waals surface area contributed by atoms with Crippen LogP contribution in [0, 0.1) is 0 Å². The molecule has 0 saturated carbocycles. The number of rotatable bonds is 2. The molecule has 1 fully saturated rings. The summed E-state index contributed by atoms with van der Waals surface area (Å²) in [5, 5.41) is 0.742. The standard InChI is InChI=1S/C12H16ClNO/c1-8-2-7-11(15-8)12(14)9-3-5-10(13)6-4-9/h3-6,8,11-12H,2,7,14H2,1H3. The van der Waals surface area contributed by atoms with Crippen LogP contribution in [-0.2, 0) is 4.74 Å². The Hall–Kier alpha value is -0.570. The quantitative estimate of drug-likeness (QED) is 0.840. The van der Waals surface area contributed by atoms with Crippen LogP contribution < -0.4 is 5.73 Å². The zero-order chi connectivity index (χ0) is 10.8. The average molecular weight is 226 g/mol. The molecule has 3 heteroatoms. The fourth-order valence-corrected chi connectivity index (χ4v) is 2.12. The van der Waals surface area contributed by atoms with Crippen LogP contribution in [0.15, 0.2) is 24.3 Å². The number of benzene rings is 1. The first-order valence-corrected chi connectivity index (χ1v) is 5.71. The first-order valence-electron chi connectivity index (χ1n) is 5.33. The third-order valence-electron chi connectivity index (χ3n) is 2.92. The highest BCUT2D eigenvalue weighted by Crippen LogP contribution is 2.28. The van der Waals surface area contributed by atoms with E-state index < -0.39 is 0 Å². The average Bonchev–Trinajstić information content (AvgIpc) is 2.65. The van der Waals surface area contributed by atoms with Crippen LogP contribution in [0.25, 0.3) is 0 Å². The molecule has 0 amide bonds. The van der Waals surface area contributed by atoms with Gasteiger partial charge in [0.2, 0.25) is 0 Å². The summed E-state index contributed by atoms with van der Waals surface area (Å²) >= 11 is 5.83. The van der Waals surface area contributed by atoms with Crippen LogP contribution in [0.2, 0.25) is 5.02 Å². The van der Waals surface area contributed by atoms with Gasteiger partial charge in [0.25, 0.3) is 0 Å². The van der Waals surface area contributed by atoms with E-state index in [0.29, 0.717) is 6.10 Å². The van der Waals surface area contributed by atoms with E-state index >= 15 is 0 Å². The van der Waals surface area contributed by atoms with E-state index in [9.17, 15) is 0 Å². The van der Waals surface area contributed by atoms with Crippen molar-refractivity contribution in [2.45, 2.75) is 38.0 Å². The molecule has 2 N–H and O–H groups in total. The van der Waals surface area contributed by atoms with E-state index in [2.05, 4.69) is 6.92 Å². The van der Waals surface area contributed by atoms with E-state index in [1.54, 1.807) is 0 Å². The second-order valence-corrected chi connectivity index (χ2v) is 4.58. The minimum atomic E-state index is -0.0350. The van der Waals surface area contributed by atoms with Gasteiger partial charge in [-0.25, -0.2) is 0 Å². The Kier molecular flexibility index (Phi) is 3.29. The molecule has 0 radical (unpaired) electrons. The van der Waals surface area contributed by atoms with Crippen molar-refractivity contribution in [1.82, 2.24) is 0 Å². The Balaban J connectivity index is 2.07. The van der Waals surface area contributed by atoms with Crippen LogP contribution in [0.1, 0.15) is 31.4 Å². The lowest BCUT2D eigenvalue weighted by atomic mass is 10.0. The van der Waals surface area contributed by atoms with Gasteiger partial charge >= 0.3 is 0 Å². The maximum absolute atomic E-state index is 6.14. The van der Waals surface area contributed by atoms with E-state index in [4.69, 9.17) is 22.1 Å². The molecule has 3 unspecified atom stereocenters. The second-order valence-electron chi connectivity index (χ2n) is 4.14. The van der Waals surface area contributed by atoms with Crippen molar-refractivity contribution in [1.29, 1.82) is 0 Å². The summed E-state index contributed by atoms with van der Waals surface area (Å²) in [5.41, 5.74) is 7.24. The van der Waals surface area contributed by atoms with Gasteiger partial charge in [0.1, 0.15) is 0 Å².